The first-order valence-electron chi connectivity index (χ1n) is 12.4. The van der Waals surface area contributed by atoms with Crippen LogP contribution in [0, 0.1) is 17.0 Å². The molecule has 2 aromatic rings. The summed E-state index contributed by atoms with van der Waals surface area (Å²) in [5.74, 6) is -1.89. The molecule has 0 bridgehead atoms. The van der Waals surface area contributed by atoms with E-state index in [0.717, 1.165) is 35.8 Å². The standard InChI is InChI=1S/C28H37F2N3O3/c1-16(34)27(28(3,4)5)19-6-7-23-22(13-19)24(8-9-31-23)32-15-26(36)25(33-17(2)35)12-18-10-20(29)14-21(30)11-18/h6-7,10-11,13-14,24-27,31-32,36H,8-9,12,15H2,1-5H3,(H,33,35)/t24-,25-,26+,27?/m0/s1. The second kappa shape index (κ2) is 11.5. The summed E-state index contributed by atoms with van der Waals surface area (Å²) in [5, 5.41) is 20.4. The van der Waals surface area contributed by atoms with Gasteiger partial charge in [-0.3, -0.25) is 9.59 Å². The quantitative estimate of drug-likeness (QED) is 0.413. The van der Waals surface area contributed by atoms with E-state index in [-0.39, 0.29) is 42.0 Å². The average molecular weight is 502 g/mol. The smallest absolute Gasteiger partial charge is 0.217 e. The molecule has 4 atom stereocenters. The number of fused-ring (bicyclic) bond motifs is 1. The highest BCUT2D eigenvalue weighted by Crippen LogP contribution is 2.39. The van der Waals surface area contributed by atoms with E-state index in [1.54, 1.807) is 6.92 Å². The number of rotatable bonds is 9. The van der Waals surface area contributed by atoms with Crippen molar-refractivity contribution >= 4 is 17.4 Å². The molecule has 3 rings (SSSR count). The molecule has 0 saturated carbocycles. The Hall–Kier alpha value is -2.84. The zero-order valence-electron chi connectivity index (χ0n) is 21.6. The number of carbonyl (C=O) groups excluding carboxylic acids is 2. The molecule has 1 amide bonds. The van der Waals surface area contributed by atoms with Crippen molar-refractivity contribution in [2.24, 2.45) is 5.41 Å². The van der Waals surface area contributed by atoms with Crippen molar-refractivity contribution in [2.75, 3.05) is 18.4 Å². The summed E-state index contributed by atoms with van der Waals surface area (Å²) < 4.78 is 27.3. The Morgan fingerprint density at radius 3 is 2.36 bits per heavy atom. The Labute approximate surface area is 211 Å². The highest BCUT2D eigenvalue weighted by Gasteiger charge is 2.32. The van der Waals surface area contributed by atoms with E-state index < -0.39 is 23.8 Å². The maximum absolute atomic E-state index is 13.7. The maximum atomic E-state index is 13.7. The lowest BCUT2D eigenvalue weighted by atomic mass is 9.73. The van der Waals surface area contributed by atoms with E-state index >= 15 is 0 Å². The SMILES string of the molecule is CC(=O)N[C@@H](Cc1cc(F)cc(F)c1)[C@H](O)CN[C@H]1CCNc2ccc(C(C(C)=O)C(C)(C)C)cc21. The van der Waals surface area contributed by atoms with E-state index in [4.69, 9.17) is 0 Å². The second-order valence-corrected chi connectivity index (χ2v) is 10.8. The number of hydrogen-bond donors (Lipinski definition) is 4. The monoisotopic (exact) mass is 501 g/mol. The number of aliphatic hydroxyl groups is 1. The number of halogens is 2. The molecule has 0 spiro atoms. The molecule has 2 aromatic carbocycles. The summed E-state index contributed by atoms with van der Waals surface area (Å²) >= 11 is 0. The lowest BCUT2D eigenvalue weighted by Crippen LogP contribution is -2.48. The first-order valence-corrected chi connectivity index (χ1v) is 12.4. The van der Waals surface area contributed by atoms with Crippen LogP contribution in [0.25, 0.3) is 0 Å². The summed E-state index contributed by atoms with van der Waals surface area (Å²) in [7, 11) is 0. The van der Waals surface area contributed by atoms with E-state index in [9.17, 15) is 23.5 Å². The summed E-state index contributed by atoms with van der Waals surface area (Å²) in [4.78, 5) is 24.2. The normalized spacial score (nSPS) is 17.9. The molecule has 6 nitrogen and oxygen atoms in total. The fourth-order valence-electron chi connectivity index (χ4n) is 5.21. The predicted octanol–water partition coefficient (Wildman–Crippen LogP) is 4.24. The molecular weight excluding hydrogens is 464 g/mol. The van der Waals surface area contributed by atoms with Crippen molar-refractivity contribution in [1.29, 1.82) is 0 Å². The molecule has 1 unspecified atom stereocenters. The van der Waals surface area contributed by atoms with E-state index in [2.05, 4.69) is 42.8 Å². The fraction of sp³-hybridized carbons (Fsp3) is 0.500. The lowest BCUT2D eigenvalue weighted by Gasteiger charge is -2.33. The summed E-state index contributed by atoms with van der Waals surface area (Å²) in [5.41, 5.74) is 3.06. The molecule has 36 heavy (non-hydrogen) atoms. The summed E-state index contributed by atoms with van der Waals surface area (Å²) in [6.07, 6.45) is -0.152. The molecular formula is C28H37F2N3O3. The molecule has 1 aliphatic rings. The Morgan fingerprint density at radius 2 is 1.78 bits per heavy atom. The van der Waals surface area contributed by atoms with Crippen LogP contribution in [0.2, 0.25) is 0 Å². The van der Waals surface area contributed by atoms with Gasteiger partial charge in [-0.2, -0.15) is 0 Å². The third-order valence-electron chi connectivity index (χ3n) is 6.61. The first kappa shape index (κ1) is 27.7. The molecule has 0 aliphatic carbocycles. The van der Waals surface area contributed by atoms with Crippen LogP contribution in [0.1, 0.15) is 69.7 Å². The molecule has 0 radical (unpaired) electrons. The van der Waals surface area contributed by atoms with Crippen LogP contribution in [0.3, 0.4) is 0 Å². The van der Waals surface area contributed by atoms with E-state index in [1.165, 1.54) is 19.1 Å². The highest BCUT2D eigenvalue weighted by atomic mass is 19.1. The van der Waals surface area contributed by atoms with Gasteiger partial charge in [-0.1, -0.05) is 32.9 Å². The van der Waals surface area contributed by atoms with Crippen molar-refractivity contribution < 1.29 is 23.5 Å². The van der Waals surface area contributed by atoms with Gasteiger partial charge in [-0.25, -0.2) is 8.78 Å². The Bertz CT molecular complexity index is 1080. The molecule has 0 aromatic heterocycles. The number of anilines is 1. The minimum atomic E-state index is -0.999. The van der Waals surface area contributed by atoms with Crippen LogP contribution < -0.4 is 16.0 Å². The van der Waals surface area contributed by atoms with Gasteiger partial charge < -0.3 is 21.1 Å². The van der Waals surface area contributed by atoms with Gasteiger partial charge in [-0.15, -0.1) is 0 Å². The minimum Gasteiger partial charge on any atom is -0.390 e. The summed E-state index contributed by atoms with van der Waals surface area (Å²) in [6.45, 7) is 10.0. The van der Waals surface area contributed by atoms with Crippen LogP contribution in [0.15, 0.2) is 36.4 Å². The predicted molar refractivity (Wildman–Crippen MR) is 137 cm³/mol. The first-order chi connectivity index (χ1) is 16.8. The number of amides is 1. The molecule has 1 heterocycles. The van der Waals surface area contributed by atoms with Crippen molar-refractivity contribution in [3.8, 4) is 0 Å². The molecule has 196 valence electrons. The van der Waals surface area contributed by atoms with Crippen molar-refractivity contribution in [3.63, 3.8) is 0 Å². The number of aliphatic hydroxyl groups excluding tert-OH is 1. The highest BCUT2D eigenvalue weighted by molar-refractivity contribution is 5.84. The van der Waals surface area contributed by atoms with E-state index in [1.807, 2.05) is 12.1 Å². The number of Topliss-reactive ketones (excluding diaryl/α,β-unsaturated/α-hetero) is 1. The van der Waals surface area contributed by atoms with Crippen LogP contribution in [0.4, 0.5) is 14.5 Å². The number of hydrogen-bond acceptors (Lipinski definition) is 5. The van der Waals surface area contributed by atoms with Crippen molar-refractivity contribution in [3.05, 3.63) is 64.7 Å². The van der Waals surface area contributed by atoms with Gasteiger partial charge in [-0.05, 0) is 60.1 Å². The van der Waals surface area contributed by atoms with Crippen molar-refractivity contribution in [1.82, 2.24) is 10.6 Å². The molecule has 8 heteroatoms. The van der Waals surface area contributed by atoms with Gasteiger partial charge in [0.1, 0.15) is 17.4 Å². The average Bonchev–Trinajstić information content (AvgIpc) is 2.74. The van der Waals surface area contributed by atoms with Crippen molar-refractivity contribution in [2.45, 2.75) is 71.6 Å². The third-order valence-corrected chi connectivity index (χ3v) is 6.61. The Kier molecular flexibility index (Phi) is 8.84. The lowest BCUT2D eigenvalue weighted by molar-refractivity contribution is -0.121. The molecule has 4 N–H and O–H groups in total. The number of benzene rings is 2. The van der Waals surface area contributed by atoms with Crippen LogP contribution in [0.5, 0.6) is 0 Å². The van der Waals surface area contributed by atoms with Crippen LogP contribution in [-0.4, -0.2) is 42.0 Å². The molecule has 0 fully saturated rings. The van der Waals surface area contributed by atoms with Crippen LogP contribution >= 0.6 is 0 Å². The van der Waals surface area contributed by atoms with Gasteiger partial charge in [0.15, 0.2) is 0 Å². The van der Waals surface area contributed by atoms with Gasteiger partial charge in [0.05, 0.1) is 12.1 Å². The maximum Gasteiger partial charge on any atom is 0.217 e. The van der Waals surface area contributed by atoms with E-state index in [0.29, 0.717) is 5.56 Å². The largest absolute Gasteiger partial charge is 0.390 e. The zero-order valence-corrected chi connectivity index (χ0v) is 21.6. The number of ketones is 1. The zero-order chi connectivity index (χ0) is 26.6. The third kappa shape index (κ3) is 7.11. The van der Waals surface area contributed by atoms with Gasteiger partial charge in [0.25, 0.3) is 0 Å². The fourth-order valence-corrected chi connectivity index (χ4v) is 5.21. The summed E-state index contributed by atoms with van der Waals surface area (Å²) in [6, 6.07) is 8.42. The molecule has 0 saturated heterocycles. The second-order valence-electron chi connectivity index (χ2n) is 10.8. The number of nitrogens with one attached hydrogen (secondary N) is 3. The van der Waals surface area contributed by atoms with Gasteiger partial charge in [0, 0.05) is 43.7 Å². The number of carbonyl (C=O) groups is 2. The Balaban J connectivity index is 1.78. The Morgan fingerprint density at radius 1 is 1.11 bits per heavy atom. The van der Waals surface area contributed by atoms with Gasteiger partial charge in [0.2, 0.25) is 5.91 Å². The van der Waals surface area contributed by atoms with Crippen LogP contribution in [-0.2, 0) is 16.0 Å². The molecule has 1 aliphatic heterocycles. The minimum absolute atomic E-state index is 0.0759. The van der Waals surface area contributed by atoms with Gasteiger partial charge >= 0.3 is 0 Å². The topological polar surface area (TPSA) is 90.5 Å².